The molecular formula is C12H13NO. The highest BCUT2D eigenvalue weighted by atomic mass is 16.5. The first kappa shape index (κ1) is 7.92. The highest BCUT2D eigenvalue weighted by Gasteiger charge is 2.22. The molecule has 1 saturated carbocycles. The Bertz CT molecular complexity index is 442. The third kappa shape index (κ3) is 1.37. The van der Waals surface area contributed by atoms with Crippen LogP contribution in [0.4, 0.5) is 0 Å². The third-order valence-electron chi connectivity index (χ3n) is 2.72. The number of aromatic nitrogens is 1. The van der Waals surface area contributed by atoms with Crippen LogP contribution in [0.3, 0.4) is 0 Å². The van der Waals surface area contributed by atoms with Crippen molar-refractivity contribution in [2.45, 2.75) is 12.8 Å². The van der Waals surface area contributed by atoms with E-state index < -0.39 is 0 Å². The molecule has 0 aliphatic heterocycles. The van der Waals surface area contributed by atoms with E-state index in [0.717, 1.165) is 23.8 Å². The zero-order valence-corrected chi connectivity index (χ0v) is 7.99. The third-order valence-corrected chi connectivity index (χ3v) is 2.72. The molecule has 1 aromatic heterocycles. The van der Waals surface area contributed by atoms with Gasteiger partial charge in [0.2, 0.25) is 0 Å². The van der Waals surface area contributed by atoms with Crippen molar-refractivity contribution < 1.29 is 4.74 Å². The van der Waals surface area contributed by atoms with E-state index in [1.807, 2.05) is 18.3 Å². The molecule has 1 fully saturated rings. The monoisotopic (exact) mass is 187 g/mol. The van der Waals surface area contributed by atoms with Crippen LogP contribution in [0.2, 0.25) is 0 Å². The van der Waals surface area contributed by atoms with Crippen molar-refractivity contribution in [1.29, 1.82) is 0 Å². The van der Waals surface area contributed by atoms with Gasteiger partial charge in [0.25, 0.3) is 0 Å². The maximum absolute atomic E-state index is 5.77. The van der Waals surface area contributed by atoms with Crippen molar-refractivity contribution >= 4 is 10.9 Å². The van der Waals surface area contributed by atoms with E-state index in [0.29, 0.717) is 0 Å². The highest BCUT2D eigenvalue weighted by Crippen LogP contribution is 2.31. The second kappa shape index (κ2) is 3.05. The Labute approximate surface area is 82.9 Å². The number of benzene rings is 1. The SMILES string of the molecule is c1cc(OCC2CC2)c2[nH]ccc2c1. The van der Waals surface area contributed by atoms with E-state index in [1.54, 1.807) is 0 Å². The number of hydrogen-bond acceptors (Lipinski definition) is 1. The van der Waals surface area contributed by atoms with Gasteiger partial charge in [0, 0.05) is 11.6 Å². The highest BCUT2D eigenvalue weighted by molar-refractivity contribution is 5.85. The molecule has 0 saturated heterocycles. The van der Waals surface area contributed by atoms with Crippen molar-refractivity contribution in [3.8, 4) is 5.75 Å². The molecule has 0 amide bonds. The molecule has 0 unspecified atom stereocenters. The van der Waals surface area contributed by atoms with Gasteiger partial charge in [-0.25, -0.2) is 0 Å². The molecule has 1 aromatic carbocycles. The predicted octanol–water partition coefficient (Wildman–Crippen LogP) is 2.96. The Morgan fingerprint density at radius 1 is 1.29 bits per heavy atom. The molecule has 2 aromatic rings. The molecule has 0 spiro atoms. The minimum absolute atomic E-state index is 0.806. The summed E-state index contributed by atoms with van der Waals surface area (Å²) < 4.78 is 5.77. The summed E-state index contributed by atoms with van der Waals surface area (Å²) in [7, 11) is 0. The van der Waals surface area contributed by atoms with Crippen molar-refractivity contribution in [3.63, 3.8) is 0 Å². The minimum atomic E-state index is 0.806. The number of aromatic amines is 1. The molecule has 14 heavy (non-hydrogen) atoms. The topological polar surface area (TPSA) is 25.0 Å². The zero-order chi connectivity index (χ0) is 9.38. The first-order valence-electron chi connectivity index (χ1n) is 5.12. The van der Waals surface area contributed by atoms with E-state index in [4.69, 9.17) is 4.74 Å². The summed E-state index contributed by atoms with van der Waals surface area (Å²) in [6, 6.07) is 8.23. The molecule has 0 radical (unpaired) electrons. The van der Waals surface area contributed by atoms with E-state index in [2.05, 4.69) is 17.1 Å². The largest absolute Gasteiger partial charge is 0.491 e. The van der Waals surface area contributed by atoms with Crippen molar-refractivity contribution in [1.82, 2.24) is 4.98 Å². The summed E-state index contributed by atoms with van der Waals surface area (Å²) in [4.78, 5) is 3.21. The zero-order valence-electron chi connectivity index (χ0n) is 7.99. The van der Waals surface area contributed by atoms with Gasteiger partial charge in [-0.05, 0) is 30.9 Å². The first-order chi connectivity index (χ1) is 6.93. The lowest BCUT2D eigenvalue weighted by molar-refractivity contribution is 0.303. The van der Waals surface area contributed by atoms with E-state index in [9.17, 15) is 0 Å². The summed E-state index contributed by atoms with van der Waals surface area (Å²) in [5, 5.41) is 1.22. The smallest absolute Gasteiger partial charge is 0.143 e. The van der Waals surface area contributed by atoms with Crippen molar-refractivity contribution in [2.75, 3.05) is 6.61 Å². The lowest BCUT2D eigenvalue weighted by atomic mass is 10.2. The Morgan fingerprint density at radius 2 is 2.21 bits per heavy atom. The van der Waals surface area contributed by atoms with Crippen LogP contribution in [0.15, 0.2) is 30.5 Å². The standard InChI is InChI=1S/C12H13NO/c1-2-10-6-7-13-12(10)11(3-1)14-8-9-4-5-9/h1-3,6-7,9,13H,4-5,8H2. The van der Waals surface area contributed by atoms with Crippen molar-refractivity contribution in [2.24, 2.45) is 5.92 Å². The van der Waals surface area contributed by atoms with E-state index in [-0.39, 0.29) is 0 Å². The quantitative estimate of drug-likeness (QED) is 0.785. The second-order valence-corrected chi connectivity index (χ2v) is 3.95. The van der Waals surface area contributed by atoms with E-state index >= 15 is 0 Å². The van der Waals surface area contributed by atoms with Crippen LogP contribution in [0.5, 0.6) is 5.75 Å². The fourth-order valence-corrected chi connectivity index (χ4v) is 1.67. The molecule has 0 bridgehead atoms. The van der Waals surface area contributed by atoms with Gasteiger partial charge < -0.3 is 9.72 Å². The maximum atomic E-state index is 5.77. The van der Waals surface area contributed by atoms with Gasteiger partial charge in [-0.15, -0.1) is 0 Å². The number of H-pyrrole nitrogens is 1. The molecule has 2 nitrogen and oxygen atoms in total. The van der Waals surface area contributed by atoms with Gasteiger partial charge in [0.15, 0.2) is 0 Å². The van der Waals surface area contributed by atoms with Gasteiger partial charge in [-0.1, -0.05) is 12.1 Å². The Kier molecular flexibility index (Phi) is 1.72. The molecule has 1 aliphatic carbocycles. The summed E-state index contributed by atoms with van der Waals surface area (Å²) in [5.74, 6) is 1.79. The van der Waals surface area contributed by atoms with Crippen LogP contribution >= 0.6 is 0 Å². The average molecular weight is 187 g/mol. The van der Waals surface area contributed by atoms with Crippen LogP contribution in [0, 0.1) is 5.92 Å². The molecule has 1 aliphatic rings. The fourth-order valence-electron chi connectivity index (χ4n) is 1.67. The van der Waals surface area contributed by atoms with Gasteiger partial charge in [-0.2, -0.15) is 0 Å². The van der Waals surface area contributed by atoms with Crippen LogP contribution in [-0.4, -0.2) is 11.6 Å². The number of rotatable bonds is 3. The number of fused-ring (bicyclic) bond motifs is 1. The van der Waals surface area contributed by atoms with Crippen molar-refractivity contribution in [3.05, 3.63) is 30.5 Å². The lowest BCUT2D eigenvalue weighted by Crippen LogP contribution is -1.99. The molecule has 2 heteroatoms. The molecule has 72 valence electrons. The van der Waals surface area contributed by atoms with Gasteiger partial charge in [-0.3, -0.25) is 0 Å². The number of nitrogens with one attached hydrogen (secondary N) is 1. The molecule has 1 N–H and O–H groups in total. The first-order valence-corrected chi connectivity index (χ1v) is 5.12. The molecular weight excluding hydrogens is 174 g/mol. The predicted molar refractivity (Wildman–Crippen MR) is 56.5 cm³/mol. The fraction of sp³-hybridized carbons (Fsp3) is 0.333. The van der Waals surface area contributed by atoms with Gasteiger partial charge in [0.1, 0.15) is 5.75 Å². The minimum Gasteiger partial charge on any atom is -0.491 e. The Hall–Kier alpha value is -1.44. The summed E-state index contributed by atoms with van der Waals surface area (Å²) in [6.07, 6.45) is 4.62. The summed E-state index contributed by atoms with van der Waals surface area (Å²) in [5.41, 5.74) is 1.12. The van der Waals surface area contributed by atoms with Crippen LogP contribution in [0.1, 0.15) is 12.8 Å². The van der Waals surface area contributed by atoms with E-state index in [1.165, 1.54) is 18.2 Å². The average Bonchev–Trinajstić information content (AvgIpc) is 2.91. The number of ether oxygens (including phenoxy) is 1. The molecule has 3 rings (SSSR count). The summed E-state index contributed by atoms with van der Waals surface area (Å²) in [6.45, 7) is 0.873. The van der Waals surface area contributed by atoms with Crippen LogP contribution in [-0.2, 0) is 0 Å². The lowest BCUT2D eigenvalue weighted by Gasteiger charge is -2.05. The van der Waals surface area contributed by atoms with Gasteiger partial charge in [0.05, 0.1) is 12.1 Å². The Balaban J connectivity index is 1.89. The molecule has 1 heterocycles. The Morgan fingerprint density at radius 3 is 3.07 bits per heavy atom. The van der Waals surface area contributed by atoms with Crippen LogP contribution < -0.4 is 4.74 Å². The number of para-hydroxylation sites is 1. The van der Waals surface area contributed by atoms with Crippen LogP contribution in [0.25, 0.3) is 10.9 Å². The number of hydrogen-bond donors (Lipinski definition) is 1. The normalized spacial score (nSPS) is 16.0. The summed E-state index contributed by atoms with van der Waals surface area (Å²) >= 11 is 0. The maximum Gasteiger partial charge on any atom is 0.143 e. The second-order valence-electron chi connectivity index (χ2n) is 3.95. The molecule has 0 atom stereocenters. The van der Waals surface area contributed by atoms with Gasteiger partial charge >= 0.3 is 0 Å².